The Labute approximate surface area is 113 Å². The van der Waals surface area contributed by atoms with Crippen LogP contribution in [0.5, 0.6) is 0 Å². The summed E-state index contributed by atoms with van der Waals surface area (Å²) in [5.41, 5.74) is 6.65. The molecule has 0 saturated heterocycles. The standard InChI is InChI=1S/C12H14FN5O2/c1-2-20-12(19)4-7(3-8(12)13)18-6-17-9-10(14)15-5-16-11(9)18/h3,5-7,19H,2,4H2,1H3,(H2,14,15,16)/t7-,12-/m1/s1. The van der Waals surface area contributed by atoms with E-state index in [2.05, 4.69) is 15.0 Å². The van der Waals surface area contributed by atoms with Gasteiger partial charge in [0, 0.05) is 13.0 Å². The minimum absolute atomic E-state index is 0.0576. The van der Waals surface area contributed by atoms with Crippen LogP contribution in [-0.4, -0.2) is 37.0 Å². The zero-order valence-electron chi connectivity index (χ0n) is 10.8. The number of aromatic nitrogens is 4. The van der Waals surface area contributed by atoms with Gasteiger partial charge in [-0.2, -0.15) is 0 Å². The van der Waals surface area contributed by atoms with Gasteiger partial charge in [-0.25, -0.2) is 19.3 Å². The topological polar surface area (TPSA) is 99.1 Å². The molecule has 106 valence electrons. The van der Waals surface area contributed by atoms with Crippen LogP contribution in [0.4, 0.5) is 10.2 Å². The lowest BCUT2D eigenvalue weighted by Gasteiger charge is -2.23. The molecular formula is C12H14FN5O2. The second-order valence-electron chi connectivity index (χ2n) is 4.59. The van der Waals surface area contributed by atoms with Crippen LogP contribution in [0, 0.1) is 0 Å². The van der Waals surface area contributed by atoms with Gasteiger partial charge in [0.25, 0.3) is 0 Å². The molecular weight excluding hydrogens is 265 g/mol. The molecule has 1 aliphatic rings. The highest BCUT2D eigenvalue weighted by Crippen LogP contribution is 2.39. The number of nitrogen functional groups attached to an aromatic ring is 1. The van der Waals surface area contributed by atoms with E-state index in [4.69, 9.17) is 10.5 Å². The number of nitrogens with two attached hydrogens (primary N) is 1. The van der Waals surface area contributed by atoms with Gasteiger partial charge in [-0.15, -0.1) is 0 Å². The molecule has 3 N–H and O–H groups in total. The van der Waals surface area contributed by atoms with Crippen LogP contribution in [0.25, 0.3) is 11.2 Å². The number of anilines is 1. The first-order valence-electron chi connectivity index (χ1n) is 6.22. The lowest BCUT2D eigenvalue weighted by Crippen LogP contribution is -2.31. The van der Waals surface area contributed by atoms with Gasteiger partial charge < -0.3 is 20.1 Å². The van der Waals surface area contributed by atoms with Crippen molar-refractivity contribution in [1.82, 2.24) is 19.5 Å². The number of fused-ring (bicyclic) bond motifs is 1. The molecule has 7 nitrogen and oxygen atoms in total. The highest BCUT2D eigenvalue weighted by atomic mass is 19.1. The van der Waals surface area contributed by atoms with E-state index in [-0.39, 0.29) is 18.8 Å². The van der Waals surface area contributed by atoms with Crippen LogP contribution >= 0.6 is 0 Å². The molecule has 0 fully saturated rings. The van der Waals surface area contributed by atoms with Gasteiger partial charge in [0.05, 0.1) is 12.4 Å². The van der Waals surface area contributed by atoms with Crippen LogP contribution in [0.2, 0.25) is 0 Å². The summed E-state index contributed by atoms with van der Waals surface area (Å²) in [6, 6.07) is -0.439. The normalized spacial score (nSPS) is 26.1. The third kappa shape index (κ3) is 1.84. The highest BCUT2D eigenvalue weighted by molar-refractivity contribution is 5.81. The molecule has 20 heavy (non-hydrogen) atoms. The summed E-state index contributed by atoms with van der Waals surface area (Å²) >= 11 is 0. The van der Waals surface area contributed by atoms with Gasteiger partial charge in [-0.05, 0) is 13.0 Å². The number of ether oxygens (including phenoxy) is 1. The Balaban J connectivity index is 2.00. The maximum atomic E-state index is 13.9. The number of rotatable bonds is 3. The Bertz CT molecular complexity index is 686. The fourth-order valence-electron chi connectivity index (χ4n) is 2.40. The van der Waals surface area contributed by atoms with Crippen LogP contribution < -0.4 is 5.73 Å². The largest absolute Gasteiger partial charge is 0.382 e. The van der Waals surface area contributed by atoms with Gasteiger partial charge in [0.2, 0.25) is 5.79 Å². The van der Waals surface area contributed by atoms with Crippen molar-refractivity contribution in [2.24, 2.45) is 0 Å². The average Bonchev–Trinajstić information content (AvgIpc) is 2.94. The first kappa shape index (κ1) is 12.9. The minimum Gasteiger partial charge on any atom is -0.382 e. The van der Waals surface area contributed by atoms with E-state index in [0.29, 0.717) is 11.2 Å². The zero-order valence-corrected chi connectivity index (χ0v) is 10.8. The van der Waals surface area contributed by atoms with Crippen LogP contribution in [0.1, 0.15) is 19.4 Å². The molecule has 0 radical (unpaired) electrons. The van der Waals surface area contributed by atoms with E-state index >= 15 is 0 Å². The Hall–Kier alpha value is -2.06. The first-order chi connectivity index (χ1) is 9.55. The molecule has 2 aromatic heterocycles. The maximum absolute atomic E-state index is 13.9. The number of hydrogen-bond acceptors (Lipinski definition) is 6. The van der Waals surface area contributed by atoms with Gasteiger partial charge in [-0.1, -0.05) is 0 Å². The van der Waals surface area contributed by atoms with Crippen LogP contribution in [-0.2, 0) is 4.74 Å². The van der Waals surface area contributed by atoms with E-state index < -0.39 is 17.7 Å². The summed E-state index contributed by atoms with van der Waals surface area (Å²) in [5.74, 6) is -2.32. The predicted molar refractivity (Wildman–Crippen MR) is 69.2 cm³/mol. The number of aliphatic hydroxyl groups is 1. The molecule has 0 amide bonds. The summed E-state index contributed by atoms with van der Waals surface area (Å²) in [6.45, 7) is 1.91. The molecule has 0 aromatic carbocycles. The van der Waals surface area contributed by atoms with Crippen molar-refractivity contribution in [2.75, 3.05) is 12.3 Å². The second kappa shape index (κ2) is 4.50. The molecule has 2 atom stereocenters. The predicted octanol–water partition coefficient (Wildman–Crippen LogP) is 0.932. The van der Waals surface area contributed by atoms with Gasteiger partial charge in [-0.3, -0.25) is 0 Å². The molecule has 0 bridgehead atoms. The highest BCUT2D eigenvalue weighted by Gasteiger charge is 2.42. The fourth-order valence-corrected chi connectivity index (χ4v) is 2.40. The van der Waals surface area contributed by atoms with E-state index in [1.807, 2.05) is 0 Å². The third-order valence-electron chi connectivity index (χ3n) is 3.33. The molecule has 1 aliphatic carbocycles. The summed E-state index contributed by atoms with van der Waals surface area (Å²) in [5, 5.41) is 10.1. The lowest BCUT2D eigenvalue weighted by molar-refractivity contribution is -0.183. The van der Waals surface area contributed by atoms with Crippen LogP contribution in [0.3, 0.4) is 0 Å². The molecule has 0 saturated carbocycles. The second-order valence-corrected chi connectivity index (χ2v) is 4.59. The number of hydrogen-bond donors (Lipinski definition) is 2. The maximum Gasteiger partial charge on any atom is 0.221 e. The van der Waals surface area contributed by atoms with Crippen molar-refractivity contribution in [3.63, 3.8) is 0 Å². The van der Waals surface area contributed by atoms with Crippen molar-refractivity contribution >= 4 is 17.0 Å². The SMILES string of the molecule is CCO[C@]1(O)C[C@H](n2cnc3c(N)ncnc32)C=C1F. The Morgan fingerprint density at radius 3 is 3.10 bits per heavy atom. The minimum atomic E-state index is -1.88. The Kier molecular flexibility index (Phi) is 2.91. The first-order valence-corrected chi connectivity index (χ1v) is 6.22. The molecule has 8 heteroatoms. The molecule has 0 aliphatic heterocycles. The monoisotopic (exact) mass is 279 g/mol. The average molecular weight is 279 g/mol. The van der Waals surface area contributed by atoms with Gasteiger partial charge >= 0.3 is 0 Å². The van der Waals surface area contributed by atoms with Crippen molar-refractivity contribution < 1.29 is 14.2 Å². The van der Waals surface area contributed by atoms with Gasteiger partial charge in [0.1, 0.15) is 11.8 Å². The Morgan fingerprint density at radius 1 is 1.55 bits per heavy atom. The number of imidazole rings is 1. The van der Waals surface area contributed by atoms with Crippen molar-refractivity contribution in [1.29, 1.82) is 0 Å². The summed E-state index contributed by atoms with van der Waals surface area (Å²) in [4.78, 5) is 12.1. The van der Waals surface area contributed by atoms with E-state index in [9.17, 15) is 9.50 Å². The molecule has 0 unspecified atom stereocenters. The van der Waals surface area contributed by atoms with Crippen molar-refractivity contribution in [3.05, 3.63) is 24.6 Å². The quantitative estimate of drug-likeness (QED) is 0.811. The van der Waals surface area contributed by atoms with E-state index in [1.165, 1.54) is 18.7 Å². The lowest BCUT2D eigenvalue weighted by atomic mass is 10.2. The number of halogens is 1. The van der Waals surface area contributed by atoms with Gasteiger partial charge in [0.15, 0.2) is 17.3 Å². The van der Waals surface area contributed by atoms with Crippen molar-refractivity contribution in [2.45, 2.75) is 25.2 Å². The molecule has 3 rings (SSSR count). The molecule has 2 heterocycles. The summed E-state index contributed by atoms with van der Waals surface area (Å²) in [7, 11) is 0. The molecule has 0 spiro atoms. The molecule has 2 aromatic rings. The van der Waals surface area contributed by atoms with Crippen molar-refractivity contribution in [3.8, 4) is 0 Å². The number of allylic oxidation sites excluding steroid dienone is 1. The smallest absolute Gasteiger partial charge is 0.221 e. The summed E-state index contributed by atoms with van der Waals surface area (Å²) in [6.07, 6.45) is 4.18. The van der Waals surface area contributed by atoms with E-state index in [0.717, 1.165) is 0 Å². The zero-order chi connectivity index (χ0) is 14.3. The van der Waals surface area contributed by atoms with E-state index in [1.54, 1.807) is 11.5 Å². The Morgan fingerprint density at radius 2 is 2.35 bits per heavy atom. The summed E-state index contributed by atoms with van der Waals surface area (Å²) < 4.78 is 20.6. The van der Waals surface area contributed by atoms with Crippen LogP contribution in [0.15, 0.2) is 24.6 Å². The fraction of sp³-hybridized carbons (Fsp3) is 0.417. The third-order valence-corrected chi connectivity index (χ3v) is 3.33. The number of nitrogens with zero attached hydrogens (tertiary/aromatic N) is 4.